The summed E-state index contributed by atoms with van der Waals surface area (Å²) in [6.45, 7) is 5.68. The summed E-state index contributed by atoms with van der Waals surface area (Å²) in [5, 5.41) is 0. The maximum absolute atomic E-state index is 14.4. The van der Waals surface area contributed by atoms with E-state index >= 15 is 0 Å². The minimum absolute atomic E-state index is 0.0866. The highest BCUT2D eigenvalue weighted by Crippen LogP contribution is 2.37. The number of piperidine rings is 1. The number of hydrogen-bond donors (Lipinski definition) is 0. The summed E-state index contributed by atoms with van der Waals surface area (Å²) in [6.07, 6.45) is 10.0. The van der Waals surface area contributed by atoms with E-state index in [1.807, 2.05) is 0 Å². The lowest BCUT2D eigenvalue weighted by Gasteiger charge is -2.47. The Morgan fingerprint density at radius 3 is 2.40 bits per heavy atom. The van der Waals surface area contributed by atoms with E-state index in [2.05, 4.69) is 83.3 Å². The predicted octanol–water partition coefficient (Wildman–Crippen LogP) is 5.64. The van der Waals surface area contributed by atoms with Gasteiger partial charge < -0.3 is 9.80 Å². The Labute approximate surface area is 212 Å². The summed E-state index contributed by atoms with van der Waals surface area (Å²) in [5.41, 5.74) is 3.99. The molecule has 2 saturated carbocycles. The van der Waals surface area contributed by atoms with Gasteiger partial charge in [-0.1, -0.05) is 67.4 Å². The molecule has 1 amide bonds. The fraction of sp³-hybridized carbons (Fsp3) is 0.581. The summed E-state index contributed by atoms with van der Waals surface area (Å²) >= 11 is 0. The number of carbonyl (C=O) groups excluding carboxylic acids is 1. The predicted molar refractivity (Wildman–Crippen MR) is 143 cm³/mol. The lowest BCUT2D eigenvalue weighted by molar-refractivity contribution is -0.145. The zero-order chi connectivity index (χ0) is 24.2. The van der Waals surface area contributed by atoms with Crippen molar-refractivity contribution in [2.24, 2.45) is 5.92 Å². The van der Waals surface area contributed by atoms with Crippen LogP contribution in [-0.4, -0.2) is 58.9 Å². The number of carbonyl (C=O) groups is 1. The largest absolute Gasteiger partial charge is 0.338 e. The van der Waals surface area contributed by atoms with Gasteiger partial charge in [0.15, 0.2) is 0 Å². The highest BCUT2D eigenvalue weighted by Gasteiger charge is 2.43. The Morgan fingerprint density at radius 2 is 1.63 bits per heavy atom. The standard InChI is InChI=1S/C31H43N3O/c1-24-11-6-7-15-27(24)22-34(28-18-19-28)30(23-32(2)21-25-12-4-3-5-13-25)31(35)33-20-10-16-26-14-8-9-17-29(26)33/h3-7,11-13,15,26,28-30H,8-10,14,16-23H2,1-2H3/t26-,29+,30-/m1/s1. The zero-order valence-corrected chi connectivity index (χ0v) is 21.7. The van der Waals surface area contributed by atoms with Crippen LogP contribution in [0.25, 0.3) is 0 Å². The van der Waals surface area contributed by atoms with Crippen molar-refractivity contribution in [2.75, 3.05) is 20.1 Å². The molecule has 1 aliphatic heterocycles. The molecule has 1 saturated heterocycles. The van der Waals surface area contributed by atoms with Crippen LogP contribution in [0.3, 0.4) is 0 Å². The van der Waals surface area contributed by atoms with Crippen LogP contribution >= 0.6 is 0 Å². The van der Waals surface area contributed by atoms with Gasteiger partial charge in [0, 0.05) is 38.3 Å². The minimum Gasteiger partial charge on any atom is -0.338 e. The molecule has 2 aliphatic carbocycles. The van der Waals surface area contributed by atoms with Crippen molar-refractivity contribution in [3.8, 4) is 0 Å². The number of aryl methyl sites for hydroxylation is 1. The van der Waals surface area contributed by atoms with Crippen LogP contribution in [0.2, 0.25) is 0 Å². The third-order valence-electron chi connectivity index (χ3n) is 8.62. The molecular weight excluding hydrogens is 430 g/mol. The van der Waals surface area contributed by atoms with Crippen LogP contribution < -0.4 is 0 Å². The van der Waals surface area contributed by atoms with Gasteiger partial charge in [0.2, 0.25) is 5.91 Å². The molecule has 0 radical (unpaired) electrons. The number of likely N-dealkylation sites (N-methyl/N-ethyl adjacent to an activating group) is 1. The number of nitrogens with zero attached hydrogens (tertiary/aromatic N) is 3. The molecule has 0 aromatic heterocycles. The van der Waals surface area contributed by atoms with Crippen molar-refractivity contribution in [3.05, 3.63) is 71.3 Å². The molecular formula is C31H43N3O. The first kappa shape index (κ1) is 24.5. The maximum Gasteiger partial charge on any atom is 0.241 e. The van der Waals surface area contributed by atoms with E-state index in [-0.39, 0.29) is 6.04 Å². The molecule has 4 nitrogen and oxygen atoms in total. The number of likely N-dealkylation sites (tertiary alicyclic amines) is 1. The molecule has 0 spiro atoms. The molecule has 35 heavy (non-hydrogen) atoms. The van der Waals surface area contributed by atoms with Crippen molar-refractivity contribution in [3.63, 3.8) is 0 Å². The fourth-order valence-electron chi connectivity index (χ4n) is 6.55. The first-order chi connectivity index (χ1) is 17.1. The summed E-state index contributed by atoms with van der Waals surface area (Å²) in [6, 6.07) is 20.3. The zero-order valence-electron chi connectivity index (χ0n) is 21.7. The first-order valence-electron chi connectivity index (χ1n) is 13.9. The Morgan fingerprint density at radius 1 is 0.914 bits per heavy atom. The third-order valence-corrected chi connectivity index (χ3v) is 8.62. The Kier molecular flexibility index (Phi) is 7.89. The van der Waals surface area contributed by atoms with Crippen molar-refractivity contribution < 1.29 is 4.79 Å². The lowest BCUT2D eigenvalue weighted by atomic mass is 9.78. The van der Waals surface area contributed by atoms with E-state index in [0.29, 0.717) is 18.0 Å². The molecule has 3 fully saturated rings. The topological polar surface area (TPSA) is 26.8 Å². The van der Waals surface area contributed by atoms with Gasteiger partial charge in [-0.3, -0.25) is 9.69 Å². The highest BCUT2D eigenvalue weighted by atomic mass is 16.2. The van der Waals surface area contributed by atoms with E-state index in [4.69, 9.17) is 0 Å². The highest BCUT2D eigenvalue weighted by molar-refractivity contribution is 5.83. The summed E-state index contributed by atoms with van der Waals surface area (Å²) in [4.78, 5) is 21.7. The fourth-order valence-corrected chi connectivity index (χ4v) is 6.55. The van der Waals surface area contributed by atoms with Gasteiger partial charge in [0.05, 0.1) is 0 Å². The number of fused-ring (bicyclic) bond motifs is 1. The molecule has 0 unspecified atom stereocenters. The van der Waals surface area contributed by atoms with Crippen LogP contribution in [0.4, 0.5) is 0 Å². The summed E-state index contributed by atoms with van der Waals surface area (Å²) in [5.74, 6) is 1.11. The van der Waals surface area contributed by atoms with Crippen LogP contribution in [0, 0.1) is 12.8 Å². The first-order valence-corrected chi connectivity index (χ1v) is 13.9. The van der Waals surface area contributed by atoms with Crippen LogP contribution in [0.5, 0.6) is 0 Å². The van der Waals surface area contributed by atoms with Crippen LogP contribution in [0.15, 0.2) is 54.6 Å². The lowest BCUT2D eigenvalue weighted by Crippen LogP contribution is -2.59. The third kappa shape index (κ3) is 5.98. The van der Waals surface area contributed by atoms with E-state index in [1.54, 1.807) is 0 Å². The normalized spacial score (nSPS) is 23.4. The number of hydrogen-bond acceptors (Lipinski definition) is 3. The maximum atomic E-state index is 14.4. The second kappa shape index (κ2) is 11.3. The Balaban J connectivity index is 1.40. The van der Waals surface area contributed by atoms with E-state index in [1.165, 1.54) is 68.1 Å². The molecule has 2 aromatic carbocycles. The average Bonchev–Trinajstić information content (AvgIpc) is 3.72. The van der Waals surface area contributed by atoms with Gasteiger partial charge in [-0.05, 0) is 75.1 Å². The molecule has 2 aromatic rings. The Hall–Kier alpha value is -2.17. The monoisotopic (exact) mass is 473 g/mol. The average molecular weight is 474 g/mol. The van der Waals surface area contributed by atoms with Gasteiger partial charge in [-0.25, -0.2) is 0 Å². The summed E-state index contributed by atoms with van der Waals surface area (Å²) in [7, 11) is 2.19. The van der Waals surface area contributed by atoms with Crippen molar-refractivity contribution >= 4 is 5.91 Å². The van der Waals surface area contributed by atoms with Gasteiger partial charge in [-0.15, -0.1) is 0 Å². The van der Waals surface area contributed by atoms with Gasteiger partial charge in [0.1, 0.15) is 6.04 Å². The quantitative estimate of drug-likeness (QED) is 0.471. The molecule has 3 atom stereocenters. The van der Waals surface area contributed by atoms with E-state index in [0.717, 1.165) is 32.1 Å². The van der Waals surface area contributed by atoms with Crippen LogP contribution in [-0.2, 0) is 17.9 Å². The molecule has 3 aliphatic rings. The number of rotatable bonds is 9. The van der Waals surface area contributed by atoms with E-state index in [9.17, 15) is 4.79 Å². The van der Waals surface area contributed by atoms with Gasteiger partial charge >= 0.3 is 0 Å². The smallest absolute Gasteiger partial charge is 0.241 e. The van der Waals surface area contributed by atoms with Crippen molar-refractivity contribution in [2.45, 2.75) is 89.5 Å². The van der Waals surface area contributed by atoms with Crippen molar-refractivity contribution in [1.82, 2.24) is 14.7 Å². The SMILES string of the molecule is Cc1ccccc1CN(C1CC1)[C@H](CN(C)Cc1ccccc1)C(=O)N1CCC[C@H]2CCCC[C@@H]21. The van der Waals surface area contributed by atoms with Crippen LogP contribution in [0.1, 0.15) is 68.1 Å². The van der Waals surface area contributed by atoms with Gasteiger partial charge in [-0.2, -0.15) is 0 Å². The summed E-state index contributed by atoms with van der Waals surface area (Å²) < 4.78 is 0. The molecule has 4 heteroatoms. The molecule has 0 N–H and O–H groups in total. The minimum atomic E-state index is -0.0866. The second-order valence-electron chi connectivity index (χ2n) is 11.3. The van der Waals surface area contributed by atoms with Gasteiger partial charge in [0.25, 0.3) is 0 Å². The molecule has 5 rings (SSSR count). The number of benzene rings is 2. The molecule has 0 bridgehead atoms. The van der Waals surface area contributed by atoms with E-state index < -0.39 is 0 Å². The second-order valence-corrected chi connectivity index (χ2v) is 11.3. The molecule has 1 heterocycles. The number of amides is 1. The van der Waals surface area contributed by atoms with Crippen molar-refractivity contribution in [1.29, 1.82) is 0 Å². The molecule has 188 valence electrons. The Bertz CT molecular complexity index is 970.